The van der Waals surface area contributed by atoms with Crippen LogP contribution >= 0.6 is 22.9 Å². The Bertz CT molecular complexity index is 493. The SMILES string of the molecule is Nc1cccc(Cl)c1NC(=O)c1cscn1. The number of halogens is 1. The molecule has 2 rings (SSSR count). The van der Waals surface area contributed by atoms with Gasteiger partial charge in [-0.25, -0.2) is 4.98 Å². The Morgan fingerprint density at radius 2 is 2.31 bits per heavy atom. The first-order chi connectivity index (χ1) is 7.68. The van der Waals surface area contributed by atoms with E-state index in [9.17, 15) is 4.79 Å². The summed E-state index contributed by atoms with van der Waals surface area (Å²) in [4.78, 5) is 15.6. The van der Waals surface area contributed by atoms with Crippen LogP contribution in [0.25, 0.3) is 0 Å². The van der Waals surface area contributed by atoms with E-state index < -0.39 is 0 Å². The van der Waals surface area contributed by atoms with Crippen LogP contribution in [0.2, 0.25) is 5.02 Å². The molecular weight excluding hydrogens is 246 g/mol. The van der Waals surface area contributed by atoms with Crippen molar-refractivity contribution in [3.63, 3.8) is 0 Å². The van der Waals surface area contributed by atoms with E-state index in [1.807, 2.05) is 0 Å². The monoisotopic (exact) mass is 253 g/mol. The van der Waals surface area contributed by atoms with E-state index >= 15 is 0 Å². The van der Waals surface area contributed by atoms with Crippen molar-refractivity contribution in [2.75, 3.05) is 11.1 Å². The summed E-state index contributed by atoms with van der Waals surface area (Å²) in [5, 5.41) is 4.69. The average Bonchev–Trinajstić information content (AvgIpc) is 2.76. The number of nitrogens with two attached hydrogens (primary N) is 1. The highest BCUT2D eigenvalue weighted by Crippen LogP contribution is 2.28. The molecule has 0 aliphatic rings. The summed E-state index contributed by atoms with van der Waals surface area (Å²) in [5.74, 6) is -0.318. The number of aromatic nitrogens is 1. The first-order valence-corrected chi connectivity index (χ1v) is 5.74. The normalized spacial score (nSPS) is 10.1. The Balaban J connectivity index is 2.25. The molecule has 3 N–H and O–H groups in total. The smallest absolute Gasteiger partial charge is 0.275 e. The highest BCUT2D eigenvalue weighted by atomic mass is 35.5. The molecule has 6 heteroatoms. The van der Waals surface area contributed by atoms with E-state index in [2.05, 4.69) is 10.3 Å². The summed E-state index contributed by atoms with van der Waals surface area (Å²) >= 11 is 7.27. The highest BCUT2D eigenvalue weighted by Gasteiger charge is 2.11. The number of carbonyl (C=O) groups is 1. The van der Waals surface area contributed by atoms with E-state index in [-0.39, 0.29) is 5.91 Å². The minimum absolute atomic E-state index is 0.318. The zero-order valence-electron chi connectivity index (χ0n) is 8.11. The van der Waals surface area contributed by atoms with Gasteiger partial charge in [0.2, 0.25) is 0 Å². The Kier molecular flexibility index (Phi) is 3.07. The fraction of sp³-hybridized carbons (Fsp3) is 0. The van der Waals surface area contributed by atoms with Crippen LogP contribution in [-0.2, 0) is 0 Å². The lowest BCUT2D eigenvalue weighted by Gasteiger charge is -2.08. The molecule has 1 aromatic carbocycles. The quantitative estimate of drug-likeness (QED) is 0.809. The van der Waals surface area contributed by atoms with Gasteiger partial charge in [0.25, 0.3) is 5.91 Å². The zero-order valence-corrected chi connectivity index (χ0v) is 9.68. The second-order valence-corrected chi connectivity index (χ2v) is 4.16. The molecule has 1 heterocycles. The molecule has 0 radical (unpaired) electrons. The van der Waals surface area contributed by atoms with Gasteiger partial charge in [-0.15, -0.1) is 11.3 Å². The maximum absolute atomic E-state index is 11.7. The van der Waals surface area contributed by atoms with Crippen molar-refractivity contribution in [1.82, 2.24) is 4.98 Å². The number of hydrogen-bond donors (Lipinski definition) is 2. The second kappa shape index (κ2) is 4.51. The van der Waals surface area contributed by atoms with E-state index in [4.69, 9.17) is 17.3 Å². The number of nitrogen functional groups attached to an aromatic ring is 1. The van der Waals surface area contributed by atoms with Crippen molar-refractivity contribution in [1.29, 1.82) is 0 Å². The number of anilines is 2. The van der Waals surface area contributed by atoms with Gasteiger partial charge in [-0.2, -0.15) is 0 Å². The largest absolute Gasteiger partial charge is 0.397 e. The van der Waals surface area contributed by atoms with E-state index in [1.165, 1.54) is 11.3 Å². The van der Waals surface area contributed by atoms with Gasteiger partial charge in [0.15, 0.2) is 0 Å². The molecule has 0 saturated carbocycles. The maximum atomic E-state index is 11.7. The molecule has 0 aliphatic carbocycles. The van der Waals surface area contributed by atoms with Gasteiger partial charge in [-0.3, -0.25) is 4.79 Å². The molecule has 2 aromatic rings. The molecule has 0 fully saturated rings. The lowest BCUT2D eigenvalue weighted by Crippen LogP contribution is -2.13. The molecule has 82 valence electrons. The molecule has 0 spiro atoms. The number of rotatable bonds is 2. The third-order valence-electron chi connectivity index (χ3n) is 1.95. The number of nitrogens with one attached hydrogen (secondary N) is 1. The highest BCUT2D eigenvalue weighted by molar-refractivity contribution is 7.07. The van der Waals surface area contributed by atoms with Crippen LogP contribution < -0.4 is 11.1 Å². The van der Waals surface area contributed by atoms with Gasteiger partial charge in [0.05, 0.1) is 21.9 Å². The summed E-state index contributed by atoms with van der Waals surface area (Å²) in [5.41, 5.74) is 8.49. The van der Waals surface area contributed by atoms with Crippen molar-refractivity contribution in [2.45, 2.75) is 0 Å². The number of thiazole rings is 1. The van der Waals surface area contributed by atoms with Crippen molar-refractivity contribution < 1.29 is 4.79 Å². The van der Waals surface area contributed by atoms with Crippen molar-refractivity contribution in [3.8, 4) is 0 Å². The third-order valence-corrected chi connectivity index (χ3v) is 2.85. The van der Waals surface area contributed by atoms with Gasteiger partial charge < -0.3 is 11.1 Å². The standard InChI is InChI=1S/C10H8ClN3OS/c11-6-2-1-3-7(12)9(6)14-10(15)8-4-16-5-13-8/h1-5H,12H2,(H,14,15). The minimum Gasteiger partial charge on any atom is -0.397 e. The maximum Gasteiger partial charge on any atom is 0.275 e. The Hall–Kier alpha value is -1.59. The lowest BCUT2D eigenvalue weighted by atomic mass is 10.2. The predicted molar refractivity (Wildman–Crippen MR) is 65.9 cm³/mol. The van der Waals surface area contributed by atoms with Gasteiger partial charge in [-0.1, -0.05) is 17.7 Å². The van der Waals surface area contributed by atoms with Crippen LogP contribution in [-0.4, -0.2) is 10.9 Å². The molecule has 0 aliphatic heterocycles. The first kappa shape index (κ1) is 10.9. The summed E-state index contributed by atoms with van der Waals surface area (Å²) in [7, 11) is 0. The Labute approximate surface area is 101 Å². The van der Waals surface area contributed by atoms with Crippen LogP contribution in [0.15, 0.2) is 29.1 Å². The summed E-state index contributed by atoms with van der Waals surface area (Å²) in [6.07, 6.45) is 0. The molecule has 1 amide bonds. The fourth-order valence-corrected chi connectivity index (χ4v) is 1.94. The molecule has 0 saturated heterocycles. The molecule has 1 aromatic heterocycles. The van der Waals surface area contributed by atoms with Crippen LogP contribution in [0.1, 0.15) is 10.5 Å². The second-order valence-electron chi connectivity index (χ2n) is 3.03. The summed E-state index contributed by atoms with van der Waals surface area (Å²) in [6, 6.07) is 5.05. The zero-order chi connectivity index (χ0) is 11.5. The number of benzene rings is 1. The fourth-order valence-electron chi connectivity index (χ4n) is 1.17. The van der Waals surface area contributed by atoms with E-state index in [0.717, 1.165) is 0 Å². The van der Waals surface area contributed by atoms with Crippen molar-refractivity contribution in [3.05, 3.63) is 39.8 Å². The number of carbonyl (C=O) groups excluding carboxylic acids is 1. The van der Waals surface area contributed by atoms with Gasteiger partial charge in [0, 0.05) is 5.38 Å². The van der Waals surface area contributed by atoms with Gasteiger partial charge >= 0.3 is 0 Å². The lowest BCUT2D eigenvalue weighted by molar-refractivity contribution is 0.102. The van der Waals surface area contributed by atoms with Crippen LogP contribution in [0, 0.1) is 0 Å². The summed E-state index contributed by atoms with van der Waals surface area (Å²) < 4.78 is 0. The Morgan fingerprint density at radius 3 is 2.94 bits per heavy atom. The van der Waals surface area contributed by atoms with E-state index in [1.54, 1.807) is 29.1 Å². The van der Waals surface area contributed by atoms with Gasteiger partial charge in [0.1, 0.15) is 5.69 Å². The van der Waals surface area contributed by atoms with Crippen LogP contribution in [0.3, 0.4) is 0 Å². The molecule has 0 bridgehead atoms. The van der Waals surface area contributed by atoms with E-state index in [0.29, 0.717) is 22.1 Å². The van der Waals surface area contributed by atoms with Gasteiger partial charge in [-0.05, 0) is 12.1 Å². The molecular formula is C10H8ClN3OS. The number of amides is 1. The number of para-hydroxylation sites is 1. The number of nitrogens with zero attached hydrogens (tertiary/aromatic N) is 1. The van der Waals surface area contributed by atoms with Crippen molar-refractivity contribution in [2.24, 2.45) is 0 Å². The van der Waals surface area contributed by atoms with Crippen LogP contribution in [0.4, 0.5) is 11.4 Å². The van der Waals surface area contributed by atoms with Crippen LogP contribution in [0.5, 0.6) is 0 Å². The predicted octanol–water partition coefficient (Wildman–Crippen LogP) is 2.63. The minimum atomic E-state index is -0.318. The third kappa shape index (κ3) is 2.15. The molecule has 16 heavy (non-hydrogen) atoms. The topological polar surface area (TPSA) is 68.0 Å². The first-order valence-electron chi connectivity index (χ1n) is 4.42. The number of hydrogen-bond acceptors (Lipinski definition) is 4. The molecule has 0 unspecified atom stereocenters. The average molecular weight is 254 g/mol. The van der Waals surface area contributed by atoms with Crippen molar-refractivity contribution >= 4 is 40.2 Å². The summed E-state index contributed by atoms with van der Waals surface area (Å²) in [6.45, 7) is 0. The molecule has 4 nitrogen and oxygen atoms in total. The molecule has 0 atom stereocenters. The Morgan fingerprint density at radius 1 is 1.50 bits per heavy atom.